The molecule has 0 bridgehead atoms. The summed E-state index contributed by atoms with van der Waals surface area (Å²) in [7, 11) is 0. The van der Waals surface area contributed by atoms with Gasteiger partial charge < -0.3 is 5.32 Å². The second-order valence-electron chi connectivity index (χ2n) is 4.44. The van der Waals surface area contributed by atoms with Crippen LogP contribution in [0.15, 0.2) is 36.7 Å². The molecule has 1 N–H and O–H groups in total. The van der Waals surface area contributed by atoms with E-state index >= 15 is 0 Å². The van der Waals surface area contributed by atoms with E-state index in [1.54, 1.807) is 6.20 Å². The van der Waals surface area contributed by atoms with Crippen LogP contribution in [-0.2, 0) is 0 Å². The first kappa shape index (κ1) is 10.7. The molecular weight excluding hydrogens is 234 g/mol. The van der Waals surface area contributed by atoms with Crippen LogP contribution in [0.1, 0.15) is 12.8 Å². The van der Waals surface area contributed by atoms with Gasteiger partial charge in [-0.15, -0.1) is 0 Å². The fourth-order valence-corrected chi connectivity index (χ4v) is 2.01. The third kappa shape index (κ3) is 2.44. The molecule has 0 saturated heterocycles. The van der Waals surface area contributed by atoms with Crippen LogP contribution in [0.5, 0.6) is 0 Å². The van der Waals surface area contributed by atoms with E-state index in [1.807, 2.05) is 35.1 Å². The number of aromatic nitrogens is 2. The molecule has 1 fully saturated rings. The number of anilines is 1. The summed E-state index contributed by atoms with van der Waals surface area (Å²) < 4.78 is 1.85. The minimum absolute atomic E-state index is 0.749. The predicted octanol–water partition coefficient (Wildman–Crippen LogP) is 3.35. The minimum atomic E-state index is 0.749. The molecule has 1 saturated carbocycles. The van der Waals surface area contributed by atoms with Crippen LogP contribution in [0.3, 0.4) is 0 Å². The molecular formula is C13H14ClN3. The minimum Gasteiger partial charge on any atom is -0.383 e. The number of hydrogen-bond acceptors (Lipinski definition) is 2. The molecule has 2 aromatic rings. The second kappa shape index (κ2) is 4.41. The molecule has 1 heterocycles. The van der Waals surface area contributed by atoms with Gasteiger partial charge >= 0.3 is 0 Å². The highest BCUT2D eigenvalue weighted by Gasteiger charge is 2.21. The number of rotatable bonds is 4. The Kier molecular flexibility index (Phi) is 2.77. The lowest BCUT2D eigenvalue weighted by Crippen LogP contribution is -2.07. The predicted molar refractivity (Wildman–Crippen MR) is 69.8 cm³/mol. The van der Waals surface area contributed by atoms with Gasteiger partial charge in [0, 0.05) is 24.0 Å². The van der Waals surface area contributed by atoms with Crippen LogP contribution in [0.2, 0.25) is 5.02 Å². The third-order valence-electron chi connectivity index (χ3n) is 2.99. The summed E-state index contributed by atoms with van der Waals surface area (Å²) in [6.45, 7) is 1.02. The van der Waals surface area contributed by atoms with Gasteiger partial charge in [0.2, 0.25) is 0 Å². The van der Waals surface area contributed by atoms with Crippen LogP contribution in [0.25, 0.3) is 5.69 Å². The summed E-state index contributed by atoms with van der Waals surface area (Å²) in [6.07, 6.45) is 6.39. The van der Waals surface area contributed by atoms with Crippen LogP contribution in [0.4, 0.5) is 5.69 Å². The van der Waals surface area contributed by atoms with Gasteiger partial charge in [-0.3, -0.25) is 0 Å². The lowest BCUT2D eigenvalue weighted by Gasteiger charge is -2.12. The van der Waals surface area contributed by atoms with Crippen molar-refractivity contribution >= 4 is 17.3 Å². The Balaban J connectivity index is 1.89. The summed E-state index contributed by atoms with van der Waals surface area (Å²) in [5, 5.41) is 8.46. The van der Waals surface area contributed by atoms with Gasteiger partial charge in [0.05, 0.1) is 11.4 Å². The fraction of sp³-hybridized carbons (Fsp3) is 0.308. The molecule has 1 aliphatic carbocycles. The molecule has 0 radical (unpaired) electrons. The SMILES string of the molecule is Clc1ccc(-n2cccn2)c(NCC2CC2)c1. The number of benzene rings is 1. The number of halogens is 1. The largest absolute Gasteiger partial charge is 0.383 e. The second-order valence-corrected chi connectivity index (χ2v) is 4.87. The normalized spacial score (nSPS) is 14.9. The lowest BCUT2D eigenvalue weighted by atomic mass is 10.2. The lowest BCUT2D eigenvalue weighted by molar-refractivity contribution is 0.862. The van der Waals surface area contributed by atoms with Crippen molar-refractivity contribution in [1.29, 1.82) is 0 Å². The molecule has 0 atom stereocenters. The Bertz CT molecular complexity index is 503. The summed E-state index contributed by atoms with van der Waals surface area (Å²) >= 11 is 6.04. The molecule has 88 valence electrons. The molecule has 0 aliphatic heterocycles. The molecule has 1 aliphatic rings. The standard InChI is InChI=1S/C13H14ClN3/c14-11-4-5-13(17-7-1-6-16-17)12(8-11)15-9-10-2-3-10/h1,4-8,10,15H,2-3,9H2. The van der Waals surface area contributed by atoms with E-state index < -0.39 is 0 Å². The van der Waals surface area contributed by atoms with Gasteiger partial charge in [0.15, 0.2) is 0 Å². The van der Waals surface area contributed by atoms with Gasteiger partial charge in [-0.05, 0) is 43.0 Å². The van der Waals surface area contributed by atoms with Crippen molar-refractivity contribution in [3.8, 4) is 5.69 Å². The van der Waals surface area contributed by atoms with E-state index in [0.717, 1.165) is 28.9 Å². The van der Waals surface area contributed by atoms with Crippen molar-refractivity contribution < 1.29 is 0 Å². The van der Waals surface area contributed by atoms with Crippen LogP contribution in [-0.4, -0.2) is 16.3 Å². The van der Waals surface area contributed by atoms with Crippen molar-refractivity contribution in [3.63, 3.8) is 0 Å². The Morgan fingerprint density at radius 2 is 2.29 bits per heavy atom. The quantitative estimate of drug-likeness (QED) is 0.898. The molecule has 1 aromatic heterocycles. The molecule has 0 unspecified atom stereocenters. The molecule has 0 spiro atoms. The molecule has 4 heteroatoms. The average Bonchev–Trinajstić information content (AvgIpc) is 3.00. The Labute approximate surface area is 105 Å². The summed E-state index contributed by atoms with van der Waals surface area (Å²) in [4.78, 5) is 0. The summed E-state index contributed by atoms with van der Waals surface area (Å²) in [6, 6.07) is 7.76. The maximum atomic E-state index is 6.04. The van der Waals surface area contributed by atoms with Gasteiger partial charge in [0.25, 0.3) is 0 Å². The highest BCUT2D eigenvalue weighted by molar-refractivity contribution is 6.31. The monoisotopic (exact) mass is 247 g/mol. The highest BCUT2D eigenvalue weighted by atomic mass is 35.5. The number of nitrogens with one attached hydrogen (secondary N) is 1. The van der Waals surface area contributed by atoms with E-state index in [0.29, 0.717) is 0 Å². The van der Waals surface area contributed by atoms with E-state index in [2.05, 4.69) is 10.4 Å². The number of hydrogen-bond donors (Lipinski definition) is 1. The topological polar surface area (TPSA) is 29.9 Å². The Morgan fingerprint density at radius 3 is 3.00 bits per heavy atom. The van der Waals surface area contributed by atoms with Crippen molar-refractivity contribution in [3.05, 3.63) is 41.7 Å². The maximum Gasteiger partial charge on any atom is 0.0877 e. The van der Waals surface area contributed by atoms with E-state index in [-0.39, 0.29) is 0 Å². The van der Waals surface area contributed by atoms with Gasteiger partial charge in [-0.25, -0.2) is 4.68 Å². The summed E-state index contributed by atoms with van der Waals surface area (Å²) in [5.41, 5.74) is 2.09. The molecule has 17 heavy (non-hydrogen) atoms. The van der Waals surface area contributed by atoms with Crippen molar-refractivity contribution in [1.82, 2.24) is 9.78 Å². The van der Waals surface area contributed by atoms with Gasteiger partial charge in [-0.1, -0.05) is 11.6 Å². The summed E-state index contributed by atoms with van der Waals surface area (Å²) in [5.74, 6) is 0.833. The van der Waals surface area contributed by atoms with Crippen molar-refractivity contribution in [2.24, 2.45) is 5.92 Å². The highest BCUT2D eigenvalue weighted by Crippen LogP contribution is 2.30. The molecule has 0 amide bonds. The first-order valence-corrected chi connectivity index (χ1v) is 6.24. The molecule has 3 nitrogen and oxygen atoms in total. The van der Waals surface area contributed by atoms with Gasteiger partial charge in [0.1, 0.15) is 0 Å². The van der Waals surface area contributed by atoms with E-state index in [1.165, 1.54) is 12.8 Å². The van der Waals surface area contributed by atoms with E-state index in [9.17, 15) is 0 Å². The fourth-order valence-electron chi connectivity index (χ4n) is 1.84. The zero-order chi connectivity index (χ0) is 11.7. The zero-order valence-corrected chi connectivity index (χ0v) is 10.2. The van der Waals surface area contributed by atoms with Gasteiger partial charge in [-0.2, -0.15) is 5.10 Å². The third-order valence-corrected chi connectivity index (χ3v) is 3.22. The van der Waals surface area contributed by atoms with Crippen LogP contribution >= 0.6 is 11.6 Å². The number of nitrogens with zero attached hydrogens (tertiary/aromatic N) is 2. The first-order chi connectivity index (χ1) is 8.33. The Hall–Kier alpha value is -1.48. The van der Waals surface area contributed by atoms with Crippen molar-refractivity contribution in [2.75, 3.05) is 11.9 Å². The smallest absolute Gasteiger partial charge is 0.0877 e. The van der Waals surface area contributed by atoms with Crippen LogP contribution < -0.4 is 5.32 Å². The van der Waals surface area contributed by atoms with Crippen LogP contribution in [0, 0.1) is 5.92 Å². The average molecular weight is 248 g/mol. The maximum absolute atomic E-state index is 6.04. The van der Waals surface area contributed by atoms with Crippen molar-refractivity contribution in [2.45, 2.75) is 12.8 Å². The first-order valence-electron chi connectivity index (χ1n) is 5.86. The molecule has 1 aromatic carbocycles. The molecule has 3 rings (SSSR count). The Morgan fingerprint density at radius 1 is 1.41 bits per heavy atom. The van der Waals surface area contributed by atoms with E-state index in [4.69, 9.17) is 11.6 Å². The zero-order valence-electron chi connectivity index (χ0n) is 9.44.